The maximum Gasteiger partial charge on any atom is 0.330 e. The highest BCUT2D eigenvalue weighted by atomic mass is 32.2. The van der Waals surface area contributed by atoms with Gasteiger partial charge in [-0.25, -0.2) is 4.79 Å². The minimum atomic E-state index is -0.291. The van der Waals surface area contributed by atoms with Gasteiger partial charge in [0, 0.05) is 10.8 Å². The molecule has 0 bridgehead atoms. The molecule has 0 rings (SSSR count). The van der Waals surface area contributed by atoms with Gasteiger partial charge < -0.3 is 4.74 Å². The maximum atomic E-state index is 11.1. The summed E-state index contributed by atoms with van der Waals surface area (Å²) < 4.78 is 5.04. The summed E-state index contributed by atoms with van der Waals surface area (Å²) in [5.41, 5.74) is 0.940. The van der Waals surface area contributed by atoms with Gasteiger partial charge in [-0.15, -0.1) is 0 Å². The Bertz CT molecular complexity index is 354. The van der Waals surface area contributed by atoms with Crippen molar-refractivity contribution in [1.82, 2.24) is 0 Å². The first-order valence-corrected chi connectivity index (χ1v) is 9.07. The zero-order chi connectivity index (χ0) is 16.3. The molecule has 122 valence electrons. The van der Waals surface area contributed by atoms with Gasteiger partial charge in [-0.2, -0.15) is 11.8 Å². The van der Waals surface area contributed by atoms with Gasteiger partial charge in [-0.3, -0.25) is 0 Å². The van der Waals surface area contributed by atoms with E-state index < -0.39 is 0 Å². The molecule has 0 aromatic rings. The number of esters is 1. The number of hydrogen-bond acceptors (Lipinski definition) is 3. The number of allylic oxidation sites excluding steroid dienone is 3. The lowest BCUT2D eigenvalue weighted by atomic mass is 9.94. The molecule has 0 saturated heterocycles. The summed E-state index contributed by atoms with van der Waals surface area (Å²) in [5.74, 6) is 0.399. The summed E-state index contributed by atoms with van der Waals surface area (Å²) in [4.78, 5) is 11.1. The van der Waals surface area contributed by atoms with E-state index in [1.54, 1.807) is 0 Å². The van der Waals surface area contributed by atoms with E-state index in [2.05, 4.69) is 37.8 Å². The van der Waals surface area contributed by atoms with Gasteiger partial charge in [0.1, 0.15) is 0 Å². The normalized spacial score (nSPS) is 16.8. The third kappa shape index (κ3) is 9.78. The maximum absolute atomic E-state index is 11.1. The minimum Gasteiger partial charge on any atom is -0.466 e. The van der Waals surface area contributed by atoms with Crippen LogP contribution in [0.15, 0.2) is 23.8 Å². The fourth-order valence-electron chi connectivity index (χ4n) is 2.14. The lowest BCUT2D eigenvalue weighted by Crippen LogP contribution is -2.18. The quantitative estimate of drug-likeness (QED) is 0.307. The van der Waals surface area contributed by atoms with Crippen LogP contribution in [0.2, 0.25) is 0 Å². The Morgan fingerprint density at radius 1 is 1.43 bits per heavy atom. The Balaban J connectivity index is 4.03. The Morgan fingerprint density at radius 3 is 2.62 bits per heavy atom. The highest BCUT2D eigenvalue weighted by Gasteiger charge is 2.19. The number of hydrogen-bond donors (Lipinski definition) is 0. The van der Waals surface area contributed by atoms with Crippen LogP contribution >= 0.6 is 11.8 Å². The van der Waals surface area contributed by atoms with Crippen LogP contribution in [0.25, 0.3) is 0 Å². The van der Waals surface area contributed by atoms with Crippen molar-refractivity contribution in [1.29, 1.82) is 0 Å². The van der Waals surface area contributed by atoms with Gasteiger partial charge in [0.15, 0.2) is 0 Å². The third-order valence-electron chi connectivity index (χ3n) is 4.11. The van der Waals surface area contributed by atoms with E-state index in [0.29, 0.717) is 10.7 Å². The predicted octanol–water partition coefficient (Wildman–Crippen LogP) is 5.39. The number of ether oxygens (including phenoxy) is 1. The van der Waals surface area contributed by atoms with E-state index in [9.17, 15) is 4.79 Å². The summed E-state index contributed by atoms with van der Waals surface area (Å²) in [6.07, 6.45) is 14.0. The zero-order valence-corrected chi connectivity index (χ0v) is 15.4. The molecule has 0 fully saturated rings. The van der Waals surface area contributed by atoms with Crippen molar-refractivity contribution in [2.45, 2.75) is 64.5 Å². The SMILES string of the molecule is CCC(C)(CCCC(C)CC=CC(C)=CC(=O)OC)SC. The highest BCUT2D eigenvalue weighted by molar-refractivity contribution is 7.99. The van der Waals surface area contributed by atoms with Crippen LogP contribution in [-0.4, -0.2) is 24.1 Å². The largest absolute Gasteiger partial charge is 0.466 e. The first-order chi connectivity index (χ1) is 9.86. The van der Waals surface area contributed by atoms with E-state index in [4.69, 9.17) is 0 Å². The van der Waals surface area contributed by atoms with Gasteiger partial charge in [0.25, 0.3) is 0 Å². The lowest BCUT2D eigenvalue weighted by Gasteiger charge is -2.26. The second-order valence-corrected chi connectivity index (χ2v) is 7.45. The Hall–Kier alpha value is -0.700. The minimum absolute atomic E-state index is 0.291. The third-order valence-corrected chi connectivity index (χ3v) is 5.59. The van der Waals surface area contributed by atoms with E-state index in [0.717, 1.165) is 12.0 Å². The van der Waals surface area contributed by atoms with E-state index in [1.165, 1.54) is 38.9 Å². The van der Waals surface area contributed by atoms with Crippen molar-refractivity contribution in [2.24, 2.45) is 5.92 Å². The summed E-state index contributed by atoms with van der Waals surface area (Å²) in [6.45, 7) is 8.86. The van der Waals surface area contributed by atoms with Crippen molar-refractivity contribution in [3.63, 3.8) is 0 Å². The fraction of sp³-hybridized carbons (Fsp3) is 0.722. The number of thioether (sulfide) groups is 1. The molecule has 0 aliphatic heterocycles. The summed E-state index contributed by atoms with van der Waals surface area (Å²) in [6, 6.07) is 0. The molecular formula is C18H32O2S. The Kier molecular flexibility index (Phi) is 10.6. The summed E-state index contributed by atoms with van der Waals surface area (Å²) in [5, 5.41) is 0. The molecule has 0 amide bonds. The fourth-order valence-corrected chi connectivity index (χ4v) is 2.78. The Labute approximate surface area is 135 Å². The van der Waals surface area contributed by atoms with Crippen molar-refractivity contribution in [3.8, 4) is 0 Å². The number of carbonyl (C=O) groups excluding carboxylic acids is 1. The van der Waals surface area contributed by atoms with Crippen molar-refractivity contribution in [3.05, 3.63) is 23.8 Å². The van der Waals surface area contributed by atoms with Crippen LogP contribution in [0.5, 0.6) is 0 Å². The monoisotopic (exact) mass is 312 g/mol. The zero-order valence-electron chi connectivity index (χ0n) is 14.6. The van der Waals surface area contributed by atoms with E-state index in [-0.39, 0.29) is 5.97 Å². The topological polar surface area (TPSA) is 26.3 Å². The molecule has 0 spiro atoms. The first-order valence-electron chi connectivity index (χ1n) is 7.84. The van der Waals surface area contributed by atoms with Crippen LogP contribution in [0.1, 0.15) is 59.8 Å². The van der Waals surface area contributed by atoms with Gasteiger partial charge in [-0.1, -0.05) is 45.8 Å². The molecule has 2 atom stereocenters. The van der Waals surface area contributed by atoms with E-state index >= 15 is 0 Å². The molecule has 2 unspecified atom stereocenters. The molecule has 0 heterocycles. The molecule has 0 aliphatic carbocycles. The molecule has 0 N–H and O–H groups in total. The molecule has 0 saturated carbocycles. The lowest BCUT2D eigenvalue weighted by molar-refractivity contribution is -0.134. The number of methoxy groups -OCH3 is 1. The smallest absolute Gasteiger partial charge is 0.330 e. The van der Waals surface area contributed by atoms with Gasteiger partial charge in [0.2, 0.25) is 0 Å². The molecule has 2 nitrogen and oxygen atoms in total. The van der Waals surface area contributed by atoms with Crippen molar-refractivity contribution >= 4 is 17.7 Å². The molecule has 0 aromatic carbocycles. The van der Waals surface area contributed by atoms with Gasteiger partial charge in [0.05, 0.1) is 7.11 Å². The van der Waals surface area contributed by atoms with Crippen LogP contribution in [0, 0.1) is 5.92 Å². The second-order valence-electron chi connectivity index (χ2n) is 6.05. The predicted molar refractivity (Wildman–Crippen MR) is 94.8 cm³/mol. The number of carbonyl (C=O) groups is 1. The van der Waals surface area contributed by atoms with E-state index in [1.807, 2.05) is 24.8 Å². The Morgan fingerprint density at radius 2 is 2.10 bits per heavy atom. The first kappa shape index (κ1) is 20.3. The summed E-state index contributed by atoms with van der Waals surface area (Å²) >= 11 is 1.99. The molecular weight excluding hydrogens is 280 g/mol. The highest BCUT2D eigenvalue weighted by Crippen LogP contribution is 2.32. The molecule has 0 radical (unpaired) electrons. The molecule has 0 aliphatic rings. The second kappa shape index (κ2) is 10.9. The van der Waals surface area contributed by atoms with Gasteiger partial charge >= 0.3 is 5.97 Å². The van der Waals surface area contributed by atoms with Crippen molar-refractivity contribution in [2.75, 3.05) is 13.4 Å². The van der Waals surface area contributed by atoms with Gasteiger partial charge in [-0.05, 0) is 43.9 Å². The number of rotatable bonds is 10. The van der Waals surface area contributed by atoms with Crippen molar-refractivity contribution < 1.29 is 9.53 Å². The average Bonchev–Trinajstić information content (AvgIpc) is 2.46. The molecule has 0 aromatic heterocycles. The molecule has 3 heteroatoms. The van der Waals surface area contributed by atoms with Crippen LogP contribution < -0.4 is 0 Å². The van der Waals surface area contributed by atoms with Crippen LogP contribution in [0.3, 0.4) is 0 Å². The van der Waals surface area contributed by atoms with Crippen LogP contribution in [0.4, 0.5) is 0 Å². The standard InChI is InChI=1S/C18H32O2S/c1-7-18(4,21-6)13-9-12-15(2)10-8-11-16(3)14-17(19)20-5/h8,11,14-15H,7,9-10,12-13H2,1-6H3. The van der Waals surface area contributed by atoms with Crippen LogP contribution in [-0.2, 0) is 9.53 Å². The molecule has 21 heavy (non-hydrogen) atoms. The average molecular weight is 313 g/mol. The summed E-state index contributed by atoms with van der Waals surface area (Å²) in [7, 11) is 1.40.